The average molecular weight is 338 g/mol. The largest absolute Gasteiger partial charge is 0.459 e. The Morgan fingerprint density at radius 2 is 2.19 bits per heavy atom. The van der Waals surface area contributed by atoms with E-state index in [9.17, 15) is 4.79 Å². The predicted octanol–water partition coefficient (Wildman–Crippen LogP) is 3.67. The zero-order valence-corrected chi connectivity index (χ0v) is 12.8. The molecule has 3 aromatic rings. The van der Waals surface area contributed by atoms with E-state index in [4.69, 9.17) is 28.2 Å². The smallest absolute Gasteiger partial charge is 0.293 e. The fourth-order valence-electron chi connectivity index (χ4n) is 1.67. The van der Waals surface area contributed by atoms with Gasteiger partial charge in [-0.05, 0) is 36.5 Å². The Balaban J connectivity index is 1.71. The summed E-state index contributed by atoms with van der Waals surface area (Å²) < 4.78 is 5.92. The van der Waals surface area contributed by atoms with Crippen molar-refractivity contribution in [1.29, 1.82) is 0 Å². The third kappa shape index (κ3) is 3.05. The van der Waals surface area contributed by atoms with Gasteiger partial charge in [0.25, 0.3) is 5.91 Å². The van der Waals surface area contributed by atoms with Gasteiger partial charge in [-0.3, -0.25) is 10.1 Å². The Bertz CT molecular complexity index is 814. The Labute approximate surface area is 133 Å². The molecule has 0 saturated carbocycles. The molecular weight excluding hydrogens is 330 g/mol. The zero-order valence-electron chi connectivity index (χ0n) is 10.4. The van der Waals surface area contributed by atoms with Crippen molar-refractivity contribution < 1.29 is 9.21 Å². The number of thiazole rings is 1. The molecule has 0 bridgehead atoms. The van der Waals surface area contributed by atoms with Crippen LogP contribution in [0.2, 0.25) is 5.02 Å². The molecule has 1 aromatic carbocycles. The van der Waals surface area contributed by atoms with Gasteiger partial charge in [-0.15, -0.1) is 0 Å². The van der Waals surface area contributed by atoms with Crippen molar-refractivity contribution in [3.8, 4) is 0 Å². The van der Waals surface area contributed by atoms with Crippen LogP contribution < -0.4 is 10.6 Å². The highest BCUT2D eigenvalue weighted by molar-refractivity contribution is 7.80. The van der Waals surface area contributed by atoms with Crippen molar-refractivity contribution in [2.75, 3.05) is 5.32 Å². The number of furan rings is 1. The van der Waals surface area contributed by atoms with Crippen LogP contribution >= 0.6 is 35.2 Å². The van der Waals surface area contributed by atoms with E-state index >= 15 is 0 Å². The Morgan fingerprint density at radius 3 is 2.90 bits per heavy atom. The standard InChI is InChI=1S/C13H8ClN3O2S2/c14-7-3-1-5-9-10(7)15-13(21-9)17-12(20)16-11(18)8-4-2-6-19-8/h1-6H,(H2,15,16,17,18,20). The first kappa shape index (κ1) is 14.0. The van der Waals surface area contributed by atoms with E-state index in [2.05, 4.69) is 15.6 Å². The van der Waals surface area contributed by atoms with E-state index in [-0.39, 0.29) is 10.9 Å². The first-order chi connectivity index (χ1) is 10.1. The number of anilines is 1. The summed E-state index contributed by atoms with van der Waals surface area (Å²) in [5, 5.41) is 6.64. The Morgan fingerprint density at radius 1 is 1.33 bits per heavy atom. The summed E-state index contributed by atoms with van der Waals surface area (Å²) in [6, 6.07) is 8.71. The minimum absolute atomic E-state index is 0.145. The molecule has 0 spiro atoms. The number of aromatic nitrogens is 1. The Kier molecular flexibility index (Phi) is 3.87. The highest BCUT2D eigenvalue weighted by Crippen LogP contribution is 2.30. The summed E-state index contributed by atoms with van der Waals surface area (Å²) in [6.07, 6.45) is 1.42. The van der Waals surface area contributed by atoms with Gasteiger partial charge in [0.1, 0.15) is 5.52 Å². The molecule has 0 atom stereocenters. The molecule has 0 radical (unpaired) electrons. The van der Waals surface area contributed by atoms with Crippen molar-refractivity contribution in [2.45, 2.75) is 0 Å². The van der Waals surface area contributed by atoms with E-state index < -0.39 is 5.91 Å². The summed E-state index contributed by atoms with van der Waals surface area (Å²) in [6.45, 7) is 0. The molecule has 0 saturated heterocycles. The summed E-state index contributed by atoms with van der Waals surface area (Å²) >= 11 is 12.5. The van der Waals surface area contributed by atoms with Gasteiger partial charge in [0.2, 0.25) is 0 Å². The quantitative estimate of drug-likeness (QED) is 0.698. The van der Waals surface area contributed by atoms with Crippen molar-refractivity contribution in [3.63, 3.8) is 0 Å². The number of para-hydroxylation sites is 1. The number of carbonyl (C=O) groups excluding carboxylic acids is 1. The van der Waals surface area contributed by atoms with Crippen LogP contribution in [0.3, 0.4) is 0 Å². The molecular formula is C13H8ClN3O2S2. The van der Waals surface area contributed by atoms with Crippen LogP contribution in [0.15, 0.2) is 41.0 Å². The van der Waals surface area contributed by atoms with Gasteiger partial charge in [0.15, 0.2) is 16.0 Å². The number of thiocarbonyl (C=S) groups is 1. The third-order valence-corrected chi connectivity index (χ3v) is 4.01. The molecule has 0 aliphatic heterocycles. The van der Waals surface area contributed by atoms with Crippen LogP contribution in [0.4, 0.5) is 5.13 Å². The topological polar surface area (TPSA) is 67.2 Å². The van der Waals surface area contributed by atoms with E-state index in [1.54, 1.807) is 18.2 Å². The molecule has 1 amide bonds. The molecule has 21 heavy (non-hydrogen) atoms. The van der Waals surface area contributed by atoms with Crippen molar-refractivity contribution in [1.82, 2.24) is 10.3 Å². The van der Waals surface area contributed by atoms with Crippen molar-refractivity contribution in [2.24, 2.45) is 0 Å². The molecule has 0 unspecified atom stereocenters. The van der Waals surface area contributed by atoms with Gasteiger partial charge in [-0.2, -0.15) is 0 Å². The van der Waals surface area contributed by atoms with Gasteiger partial charge >= 0.3 is 0 Å². The van der Waals surface area contributed by atoms with Crippen LogP contribution in [-0.4, -0.2) is 16.0 Å². The van der Waals surface area contributed by atoms with Gasteiger partial charge in [0.05, 0.1) is 16.0 Å². The van der Waals surface area contributed by atoms with Crippen LogP contribution in [0, 0.1) is 0 Å². The molecule has 2 aromatic heterocycles. The van der Waals surface area contributed by atoms with Crippen LogP contribution in [-0.2, 0) is 0 Å². The molecule has 0 aliphatic carbocycles. The van der Waals surface area contributed by atoms with Gasteiger partial charge in [0, 0.05) is 0 Å². The minimum atomic E-state index is -0.420. The second-order valence-electron chi connectivity index (χ2n) is 3.99. The van der Waals surface area contributed by atoms with E-state index in [0.717, 1.165) is 4.70 Å². The van der Waals surface area contributed by atoms with E-state index in [0.29, 0.717) is 15.7 Å². The third-order valence-electron chi connectivity index (χ3n) is 2.56. The van der Waals surface area contributed by atoms with E-state index in [1.165, 1.54) is 17.6 Å². The second kappa shape index (κ2) is 5.80. The number of nitrogens with one attached hydrogen (secondary N) is 2. The zero-order chi connectivity index (χ0) is 14.8. The van der Waals surface area contributed by atoms with Crippen molar-refractivity contribution >= 4 is 61.5 Å². The van der Waals surface area contributed by atoms with E-state index in [1.807, 2.05) is 12.1 Å². The fourth-order valence-corrected chi connectivity index (χ4v) is 3.09. The number of benzene rings is 1. The Hall–Kier alpha value is -1.96. The van der Waals surface area contributed by atoms with Gasteiger partial charge in [-0.1, -0.05) is 29.0 Å². The molecule has 3 rings (SSSR count). The summed E-state index contributed by atoms with van der Waals surface area (Å²) in [5.41, 5.74) is 0.701. The van der Waals surface area contributed by atoms with Crippen LogP contribution in [0.25, 0.3) is 10.2 Å². The summed E-state index contributed by atoms with van der Waals surface area (Å²) in [7, 11) is 0. The minimum Gasteiger partial charge on any atom is -0.459 e. The molecule has 2 N–H and O–H groups in total. The SMILES string of the molecule is O=C(NC(=S)Nc1nc2c(Cl)cccc2s1)c1ccco1. The second-order valence-corrected chi connectivity index (χ2v) is 5.84. The molecule has 5 nitrogen and oxygen atoms in total. The number of hydrogen-bond donors (Lipinski definition) is 2. The average Bonchev–Trinajstić information content (AvgIpc) is 3.07. The molecule has 2 heterocycles. The fraction of sp³-hybridized carbons (Fsp3) is 0. The summed E-state index contributed by atoms with van der Waals surface area (Å²) in [4.78, 5) is 16.1. The van der Waals surface area contributed by atoms with Crippen molar-refractivity contribution in [3.05, 3.63) is 47.4 Å². The monoisotopic (exact) mass is 337 g/mol. The number of fused-ring (bicyclic) bond motifs is 1. The number of hydrogen-bond acceptors (Lipinski definition) is 5. The number of nitrogens with zero attached hydrogens (tertiary/aromatic N) is 1. The number of carbonyl (C=O) groups is 1. The number of halogens is 1. The lowest BCUT2D eigenvalue weighted by molar-refractivity contribution is 0.0950. The normalized spacial score (nSPS) is 10.5. The maximum absolute atomic E-state index is 11.8. The number of amides is 1. The highest BCUT2D eigenvalue weighted by Gasteiger charge is 2.12. The first-order valence-corrected chi connectivity index (χ1v) is 7.44. The molecule has 8 heteroatoms. The lowest BCUT2D eigenvalue weighted by atomic mass is 10.3. The lowest BCUT2D eigenvalue weighted by Crippen LogP contribution is -2.33. The maximum Gasteiger partial charge on any atom is 0.293 e. The first-order valence-electron chi connectivity index (χ1n) is 5.84. The summed E-state index contributed by atoms with van der Waals surface area (Å²) in [5.74, 6) is -0.233. The molecule has 0 fully saturated rings. The van der Waals surface area contributed by atoms with Crippen LogP contribution in [0.1, 0.15) is 10.6 Å². The lowest BCUT2D eigenvalue weighted by Gasteiger charge is -2.04. The maximum atomic E-state index is 11.8. The molecule has 106 valence electrons. The highest BCUT2D eigenvalue weighted by atomic mass is 35.5. The van der Waals surface area contributed by atoms with Gasteiger partial charge < -0.3 is 9.73 Å². The van der Waals surface area contributed by atoms with Crippen LogP contribution in [0.5, 0.6) is 0 Å². The molecule has 0 aliphatic rings. The predicted molar refractivity (Wildman–Crippen MR) is 87.0 cm³/mol. The van der Waals surface area contributed by atoms with Gasteiger partial charge in [-0.25, -0.2) is 4.98 Å². The number of rotatable bonds is 2.